The van der Waals surface area contributed by atoms with E-state index in [2.05, 4.69) is 15.0 Å². The summed E-state index contributed by atoms with van der Waals surface area (Å²) in [7, 11) is -3.86. The van der Waals surface area contributed by atoms with E-state index in [1.54, 1.807) is 12.1 Å². The van der Waals surface area contributed by atoms with Crippen LogP contribution in [0.3, 0.4) is 0 Å². The van der Waals surface area contributed by atoms with Crippen LogP contribution in [0.1, 0.15) is 15.9 Å². The van der Waals surface area contributed by atoms with Gasteiger partial charge in [-0.05, 0) is 37.3 Å². The molecule has 0 aliphatic rings. The number of amides is 1. The average molecular weight is 484 g/mol. The van der Waals surface area contributed by atoms with Crippen LogP contribution < -0.4 is 10.0 Å². The average Bonchev–Trinajstić information content (AvgIpc) is 3.24. The maximum absolute atomic E-state index is 12.7. The van der Waals surface area contributed by atoms with Crippen LogP contribution in [-0.2, 0) is 10.0 Å². The number of halogens is 1. The summed E-state index contributed by atoms with van der Waals surface area (Å²) in [5.74, 6) is -0.425. The van der Waals surface area contributed by atoms with Crippen molar-refractivity contribution in [3.8, 4) is 11.3 Å². The summed E-state index contributed by atoms with van der Waals surface area (Å²) in [6.45, 7) is 1.87. The summed E-state index contributed by atoms with van der Waals surface area (Å²) >= 11 is 7.48. The normalized spacial score (nSPS) is 11.2. The van der Waals surface area contributed by atoms with Gasteiger partial charge in [0.15, 0.2) is 5.13 Å². The van der Waals surface area contributed by atoms with Gasteiger partial charge >= 0.3 is 0 Å². The number of nitrogens with zero attached hydrogens (tertiary/aromatic N) is 1. The number of hydrogen-bond acceptors (Lipinski definition) is 5. The first kappa shape index (κ1) is 22.0. The lowest BCUT2D eigenvalue weighted by atomic mass is 10.2. The van der Waals surface area contributed by atoms with Gasteiger partial charge in [-0.1, -0.05) is 59.6 Å². The van der Waals surface area contributed by atoms with Crippen molar-refractivity contribution >= 4 is 49.7 Å². The van der Waals surface area contributed by atoms with E-state index in [4.69, 9.17) is 11.6 Å². The summed E-state index contributed by atoms with van der Waals surface area (Å²) in [4.78, 5) is 17.3. The van der Waals surface area contributed by atoms with Crippen molar-refractivity contribution in [1.82, 2.24) is 4.98 Å². The molecular formula is C23H18ClN3O3S2. The Morgan fingerprint density at radius 3 is 2.44 bits per heavy atom. The predicted molar refractivity (Wildman–Crippen MR) is 129 cm³/mol. The van der Waals surface area contributed by atoms with Crippen molar-refractivity contribution < 1.29 is 13.2 Å². The van der Waals surface area contributed by atoms with E-state index < -0.39 is 15.9 Å². The van der Waals surface area contributed by atoms with Gasteiger partial charge in [0.05, 0.1) is 21.3 Å². The van der Waals surface area contributed by atoms with Crippen LogP contribution in [0.5, 0.6) is 0 Å². The van der Waals surface area contributed by atoms with Gasteiger partial charge in [-0.25, -0.2) is 13.4 Å². The first-order chi connectivity index (χ1) is 15.3. The van der Waals surface area contributed by atoms with Gasteiger partial charge in [0.25, 0.3) is 15.9 Å². The molecule has 1 amide bonds. The molecule has 3 aromatic carbocycles. The molecule has 162 valence electrons. The fraction of sp³-hybridized carbons (Fsp3) is 0.0435. The summed E-state index contributed by atoms with van der Waals surface area (Å²) in [5.41, 5.74) is 3.01. The van der Waals surface area contributed by atoms with E-state index in [9.17, 15) is 13.2 Å². The maximum atomic E-state index is 12.7. The predicted octanol–water partition coefficient (Wildman–Crippen LogP) is 5.83. The standard InChI is InChI=1S/C23H18ClN3O3S2/c1-15-7-10-18(11-8-15)32(29,30)27-20-13-17(9-12-19(20)24)22(28)26-23-25-21(14-31-23)16-5-3-2-4-6-16/h2-14,27H,1H3,(H,25,26,28). The Morgan fingerprint density at radius 1 is 1.00 bits per heavy atom. The molecule has 9 heteroatoms. The van der Waals surface area contributed by atoms with E-state index in [0.29, 0.717) is 5.13 Å². The monoisotopic (exact) mass is 483 g/mol. The highest BCUT2D eigenvalue weighted by Gasteiger charge is 2.18. The van der Waals surface area contributed by atoms with E-state index in [1.165, 1.54) is 41.7 Å². The number of carbonyl (C=O) groups is 1. The van der Waals surface area contributed by atoms with Crippen molar-refractivity contribution in [2.24, 2.45) is 0 Å². The third-order valence-electron chi connectivity index (χ3n) is 4.60. The Balaban J connectivity index is 1.53. The Bertz CT molecular complexity index is 1370. The molecule has 0 radical (unpaired) electrons. The van der Waals surface area contributed by atoms with Crippen LogP contribution >= 0.6 is 22.9 Å². The topological polar surface area (TPSA) is 88.2 Å². The van der Waals surface area contributed by atoms with Gasteiger partial charge in [-0.2, -0.15) is 0 Å². The second-order valence-electron chi connectivity index (χ2n) is 6.97. The summed E-state index contributed by atoms with van der Waals surface area (Å²) < 4.78 is 27.8. The summed E-state index contributed by atoms with van der Waals surface area (Å²) in [6, 6.07) is 20.4. The molecule has 2 N–H and O–H groups in total. The first-order valence-corrected chi connectivity index (χ1v) is 12.3. The van der Waals surface area contributed by atoms with Gasteiger partial charge in [0.2, 0.25) is 0 Å². The van der Waals surface area contributed by atoms with Crippen LogP contribution in [0, 0.1) is 6.92 Å². The van der Waals surface area contributed by atoms with E-state index in [-0.39, 0.29) is 21.2 Å². The minimum Gasteiger partial charge on any atom is -0.298 e. The number of aromatic nitrogens is 1. The van der Waals surface area contributed by atoms with Gasteiger partial charge in [-0.3, -0.25) is 14.8 Å². The van der Waals surface area contributed by atoms with Gasteiger partial charge in [0.1, 0.15) is 0 Å². The smallest absolute Gasteiger partial charge is 0.261 e. The number of carbonyl (C=O) groups excluding carboxylic acids is 1. The van der Waals surface area contributed by atoms with Crippen molar-refractivity contribution in [2.45, 2.75) is 11.8 Å². The summed E-state index contributed by atoms with van der Waals surface area (Å²) in [5, 5.41) is 5.21. The van der Waals surface area contributed by atoms with Crippen molar-refractivity contribution in [3.63, 3.8) is 0 Å². The molecule has 4 aromatic rings. The second kappa shape index (κ2) is 9.12. The zero-order valence-corrected chi connectivity index (χ0v) is 19.3. The van der Waals surface area contributed by atoms with Crippen LogP contribution in [0.4, 0.5) is 10.8 Å². The molecule has 1 aromatic heterocycles. The zero-order chi connectivity index (χ0) is 22.7. The Kier molecular flexibility index (Phi) is 6.27. The lowest BCUT2D eigenvalue weighted by molar-refractivity contribution is 0.102. The van der Waals surface area contributed by atoms with Gasteiger partial charge < -0.3 is 0 Å². The summed E-state index contributed by atoms with van der Waals surface area (Å²) in [6.07, 6.45) is 0. The van der Waals surface area contributed by atoms with E-state index >= 15 is 0 Å². The third-order valence-corrected chi connectivity index (χ3v) is 7.07. The molecule has 4 rings (SSSR count). The maximum Gasteiger partial charge on any atom is 0.261 e. The molecule has 0 aliphatic carbocycles. The number of nitrogens with one attached hydrogen (secondary N) is 2. The lowest BCUT2D eigenvalue weighted by Gasteiger charge is -2.11. The van der Waals surface area contributed by atoms with E-state index in [0.717, 1.165) is 16.8 Å². The number of benzene rings is 3. The minimum atomic E-state index is -3.86. The molecule has 0 bridgehead atoms. The Morgan fingerprint density at radius 2 is 1.72 bits per heavy atom. The molecule has 32 heavy (non-hydrogen) atoms. The quantitative estimate of drug-likeness (QED) is 0.361. The molecule has 6 nitrogen and oxygen atoms in total. The van der Waals surface area contributed by atoms with Crippen molar-refractivity contribution in [3.05, 3.63) is 94.3 Å². The zero-order valence-electron chi connectivity index (χ0n) is 16.9. The fourth-order valence-electron chi connectivity index (χ4n) is 2.91. The highest BCUT2D eigenvalue weighted by molar-refractivity contribution is 7.92. The highest BCUT2D eigenvalue weighted by Crippen LogP contribution is 2.28. The largest absolute Gasteiger partial charge is 0.298 e. The van der Waals surface area contributed by atoms with E-state index in [1.807, 2.05) is 42.6 Å². The molecule has 0 unspecified atom stereocenters. The number of aryl methyl sites for hydroxylation is 1. The van der Waals surface area contributed by atoms with Crippen LogP contribution in [0.25, 0.3) is 11.3 Å². The minimum absolute atomic E-state index is 0.102. The van der Waals surface area contributed by atoms with Crippen molar-refractivity contribution in [2.75, 3.05) is 10.0 Å². The number of sulfonamides is 1. The Labute approximate surface area is 195 Å². The first-order valence-electron chi connectivity index (χ1n) is 9.53. The second-order valence-corrected chi connectivity index (χ2v) is 9.92. The number of rotatable bonds is 6. The number of anilines is 2. The number of thiazole rings is 1. The van der Waals surface area contributed by atoms with Crippen molar-refractivity contribution in [1.29, 1.82) is 0 Å². The highest BCUT2D eigenvalue weighted by atomic mass is 35.5. The molecule has 0 fully saturated rings. The number of hydrogen-bond donors (Lipinski definition) is 2. The van der Waals surface area contributed by atoms with Crippen LogP contribution in [-0.4, -0.2) is 19.3 Å². The molecule has 0 spiro atoms. The Hall–Kier alpha value is -3.20. The third kappa shape index (κ3) is 4.99. The van der Waals surface area contributed by atoms with Crippen LogP contribution in [0.2, 0.25) is 5.02 Å². The molecule has 1 heterocycles. The van der Waals surface area contributed by atoms with Gasteiger partial charge in [-0.15, -0.1) is 11.3 Å². The van der Waals surface area contributed by atoms with Gasteiger partial charge in [0, 0.05) is 16.5 Å². The fourth-order valence-corrected chi connectivity index (χ4v) is 4.91. The lowest BCUT2D eigenvalue weighted by Crippen LogP contribution is -2.15. The molecule has 0 saturated carbocycles. The SMILES string of the molecule is Cc1ccc(S(=O)(=O)Nc2cc(C(=O)Nc3nc(-c4ccccc4)cs3)ccc2Cl)cc1. The van der Waals surface area contributed by atoms with Crippen LogP contribution in [0.15, 0.2) is 83.1 Å². The molecule has 0 aliphatic heterocycles. The molecule has 0 atom stereocenters. The molecular weight excluding hydrogens is 466 g/mol. The molecule has 0 saturated heterocycles.